The molecule has 1 N–H and O–H groups in total. The number of aliphatic carboxylic acids is 1. The van der Waals surface area contributed by atoms with Crippen LogP contribution in [0.2, 0.25) is 5.02 Å². The SMILES string of the molecule is Cc1ccccc1N(CC(=O)N(c1ccc(Cl)cc1)C1CCCC1)C(=O)CCCC(=O)O. The third-order valence-electron chi connectivity index (χ3n) is 5.85. The highest BCUT2D eigenvalue weighted by atomic mass is 35.5. The van der Waals surface area contributed by atoms with Crippen LogP contribution >= 0.6 is 11.6 Å². The summed E-state index contributed by atoms with van der Waals surface area (Å²) in [6.45, 7) is 1.79. The van der Waals surface area contributed by atoms with Crippen molar-refractivity contribution < 1.29 is 19.5 Å². The summed E-state index contributed by atoms with van der Waals surface area (Å²) in [6.07, 6.45) is 4.19. The van der Waals surface area contributed by atoms with Crippen molar-refractivity contribution in [3.8, 4) is 0 Å². The minimum atomic E-state index is -0.938. The molecule has 0 spiro atoms. The molecule has 6 nitrogen and oxygen atoms in total. The zero-order valence-corrected chi connectivity index (χ0v) is 19.1. The van der Waals surface area contributed by atoms with Crippen molar-refractivity contribution >= 4 is 40.8 Å². The molecule has 0 saturated heterocycles. The number of aryl methyl sites for hydroxylation is 1. The predicted octanol–water partition coefficient (Wildman–Crippen LogP) is 5.21. The van der Waals surface area contributed by atoms with Crippen LogP contribution < -0.4 is 9.80 Å². The van der Waals surface area contributed by atoms with E-state index in [1.807, 2.05) is 43.3 Å². The first kappa shape index (κ1) is 23.8. The maximum atomic E-state index is 13.6. The van der Waals surface area contributed by atoms with Gasteiger partial charge in [-0.05, 0) is 62.1 Å². The van der Waals surface area contributed by atoms with Gasteiger partial charge in [0.2, 0.25) is 11.8 Å². The predicted molar refractivity (Wildman–Crippen MR) is 126 cm³/mol. The van der Waals surface area contributed by atoms with Gasteiger partial charge in [-0.15, -0.1) is 0 Å². The highest BCUT2D eigenvalue weighted by Gasteiger charge is 2.31. The monoisotopic (exact) mass is 456 g/mol. The number of amides is 2. The molecule has 7 heteroatoms. The van der Waals surface area contributed by atoms with Crippen molar-refractivity contribution in [3.05, 3.63) is 59.1 Å². The minimum Gasteiger partial charge on any atom is -0.481 e. The summed E-state index contributed by atoms with van der Waals surface area (Å²) >= 11 is 6.05. The smallest absolute Gasteiger partial charge is 0.303 e. The number of nitrogens with zero attached hydrogens (tertiary/aromatic N) is 2. The number of hydrogen-bond acceptors (Lipinski definition) is 3. The summed E-state index contributed by atoms with van der Waals surface area (Å²) in [5.74, 6) is -1.35. The summed E-state index contributed by atoms with van der Waals surface area (Å²) in [7, 11) is 0. The molecular weight excluding hydrogens is 428 g/mol. The van der Waals surface area contributed by atoms with E-state index in [-0.39, 0.29) is 43.7 Å². The zero-order valence-electron chi connectivity index (χ0n) is 18.3. The van der Waals surface area contributed by atoms with Crippen molar-refractivity contribution in [3.63, 3.8) is 0 Å². The van der Waals surface area contributed by atoms with Crippen LogP contribution in [0.25, 0.3) is 0 Å². The molecular formula is C25H29ClN2O4. The molecule has 2 aromatic rings. The Kier molecular flexibility index (Phi) is 8.28. The summed E-state index contributed by atoms with van der Waals surface area (Å²) in [4.78, 5) is 40.9. The van der Waals surface area contributed by atoms with Gasteiger partial charge in [0.25, 0.3) is 0 Å². The Hall–Kier alpha value is -2.86. The lowest BCUT2D eigenvalue weighted by molar-refractivity contribution is -0.137. The molecule has 32 heavy (non-hydrogen) atoms. The first-order chi connectivity index (χ1) is 15.4. The third-order valence-corrected chi connectivity index (χ3v) is 6.10. The van der Waals surface area contributed by atoms with E-state index in [2.05, 4.69) is 0 Å². The molecule has 0 heterocycles. The van der Waals surface area contributed by atoms with Crippen molar-refractivity contribution in [2.45, 2.75) is 57.9 Å². The molecule has 0 radical (unpaired) electrons. The molecule has 0 bridgehead atoms. The molecule has 1 fully saturated rings. The third kappa shape index (κ3) is 6.10. The van der Waals surface area contributed by atoms with E-state index in [0.29, 0.717) is 10.7 Å². The van der Waals surface area contributed by atoms with E-state index >= 15 is 0 Å². The quantitative estimate of drug-likeness (QED) is 0.561. The standard InChI is InChI=1S/C25H29ClN2O4/c1-18-7-2-5-10-22(18)27(23(29)11-6-12-25(31)32)17-24(30)28(20-8-3-4-9-20)21-15-13-19(26)14-16-21/h2,5,7,10,13-16,20H,3-4,6,8-9,11-12,17H2,1H3,(H,31,32). The normalized spacial score (nSPS) is 13.7. The molecule has 1 aliphatic carbocycles. The van der Waals surface area contributed by atoms with Crippen molar-refractivity contribution in [1.29, 1.82) is 0 Å². The van der Waals surface area contributed by atoms with Crippen LogP contribution in [-0.2, 0) is 14.4 Å². The molecule has 0 atom stereocenters. The largest absolute Gasteiger partial charge is 0.481 e. The molecule has 2 aromatic carbocycles. The fraction of sp³-hybridized carbons (Fsp3) is 0.400. The topological polar surface area (TPSA) is 77.9 Å². The highest BCUT2D eigenvalue weighted by molar-refractivity contribution is 6.30. The van der Waals surface area contributed by atoms with Gasteiger partial charge in [-0.25, -0.2) is 0 Å². The molecule has 170 valence electrons. The van der Waals surface area contributed by atoms with Gasteiger partial charge >= 0.3 is 5.97 Å². The maximum Gasteiger partial charge on any atom is 0.303 e. The number of benzene rings is 2. The van der Waals surface area contributed by atoms with Gasteiger partial charge in [-0.3, -0.25) is 14.4 Å². The van der Waals surface area contributed by atoms with E-state index in [4.69, 9.17) is 16.7 Å². The Morgan fingerprint density at radius 3 is 2.25 bits per heavy atom. The molecule has 2 amide bonds. The van der Waals surface area contributed by atoms with Crippen LogP contribution in [0.5, 0.6) is 0 Å². The Morgan fingerprint density at radius 1 is 0.969 bits per heavy atom. The molecule has 0 unspecified atom stereocenters. The highest BCUT2D eigenvalue weighted by Crippen LogP contribution is 2.30. The van der Waals surface area contributed by atoms with E-state index in [0.717, 1.165) is 36.9 Å². The van der Waals surface area contributed by atoms with Crippen LogP contribution in [0.3, 0.4) is 0 Å². The average Bonchev–Trinajstić information content (AvgIpc) is 3.28. The summed E-state index contributed by atoms with van der Waals surface area (Å²) in [5.41, 5.74) is 2.32. The van der Waals surface area contributed by atoms with Gasteiger partial charge in [0.1, 0.15) is 6.54 Å². The van der Waals surface area contributed by atoms with Gasteiger partial charge in [-0.2, -0.15) is 0 Å². The molecule has 1 saturated carbocycles. The molecule has 0 aliphatic heterocycles. The van der Waals surface area contributed by atoms with E-state index in [1.165, 1.54) is 4.90 Å². The summed E-state index contributed by atoms with van der Waals surface area (Å²) in [5, 5.41) is 9.52. The lowest BCUT2D eigenvalue weighted by Gasteiger charge is -2.32. The van der Waals surface area contributed by atoms with Gasteiger partial charge in [0.05, 0.1) is 0 Å². The number of carbonyl (C=O) groups is 3. The number of anilines is 2. The second kappa shape index (κ2) is 11.1. The lowest BCUT2D eigenvalue weighted by atomic mass is 10.1. The Bertz CT molecular complexity index is 955. The maximum absolute atomic E-state index is 13.6. The van der Waals surface area contributed by atoms with Crippen LogP contribution in [0.15, 0.2) is 48.5 Å². The second-order valence-electron chi connectivity index (χ2n) is 8.19. The van der Waals surface area contributed by atoms with Crippen LogP contribution in [0.4, 0.5) is 11.4 Å². The first-order valence-electron chi connectivity index (χ1n) is 11.0. The lowest BCUT2D eigenvalue weighted by Crippen LogP contribution is -2.47. The minimum absolute atomic E-state index is 0.0677. The Balaban J connectivity index is 1.87. The summed E-state index contributed by atoms with van der Waals surface area (Å²) < 4.78 is 0. The van der Waals surface area contributed by atoms with Crippen molar-refractivity contribution in [1.82, 2.24) is 0 Å². The van der Waals surface area contributed by atoms with Crippen LogP contribution in [-0.4, -0.2) is 35.5 Å². The van der Waals surface area contributed by atoms with E-state index < -0.39 is 5.97 Å². The number of carboxylic acids is 1. The second-order valence-corrected chi connectivity index (χ2v) is 8.63. The molecule has 1 aliphatic rings. The number of carboxylic acid groups (broad SMARTS) is 1. The van der Waals surface area contributed by atoms with Gasteiger partial charge in [0.15, 0.2) is 0 Å². The van der Waals surface area contributed by atoms with E-state index in [9.17, 15) is 14.4 Å². The number of halogens is 1. The number of hydrogen-bond donors (Lipinski definition) is 1. The van der Waals surface area contributed by atoms with Gasteiger partial charge in [-0.1, -0.05) is 42.6 Å². The van der Waals surface area contributed by atoms with Crippen LogP contribution in [0, 0.1) is 6.92 Å². The van der Waals surface area contributed by atoms with Crippen molar-refractivity contribution in [2.75, 3.05) is 16.3 Å². The number of para-hydroxylation sites is 1. The Labute approximate surface area is 193 Å². The van der Waals surface area contributed by atoms with Gasteiger partial charge < -0.3 is 14.9 Å². The molecule has 0 aromatic heterocycles. The van der Waals surface area contributed by atoms with Crippen molar-refractivity contribution in [2.24, 2.45) is 0 Å². The number of carbonyl (C=O) groups excluding carboxylic acids is 2. The van der Waals surface area contributed by atoms with Gasteiger partial charge in [0, 0.05) is 35.3 Å². The average molecular weight is 457 g/mol. The van der Waals surface area contributed by atoms with Crippen LogP contribution in [0.1, 0.15) is 50.5 Å². The first-order valence-corrected chi connectivity index (χ1v) is 11.4. The molecule has 3 rings (SSSR count). The fourth-order valence-electron chi connectivity index (χ4n) is 4.23. The summed E-state index contributed by atoms with van der Waals surface area (Å²) in [6, 6.07) is 14.7. The van der Waals surface area contributed by atoms with E-state index in [1.54, 1.807) is 17.0 Å². The zero-order chi connectivity index (χ0) is 23.1. The number of rotatable bonds is 9. The fourth-order valence-corrected chi connectivity index (χ4v) is 4.36. The Morgan fingerprint density at radius 2 is 1.62 bits per heavy atom.